The standard InChI is InChI=1S/C12H13F3O/c1-8-5-9(2)7-10(6-8)11(16)3-4-12(13,14)15/h5-7H,3-4H2,1-2H3. The minimum absolute atomic E-state index is 0.363. The van der Waals surface area contributed by atoms with Crippen LogP contribution in [0.4, 0.5) is 13.2 Å². The van der Waals surface area contributed by atoms with Crippen LogP contribution in [0.15, 0.2) is 18.2 Å². The van der Waals surface area contributed by atoms with Gasteiger partial charge in [-0.25, -0.2) is 0 Å². The van der Waals surface area contributed by atoms with E-state index in [-0.39, 0.29) is 0 Å². The van der Waals surface area contributed by atoms with Crippen LogP contribution < -0.4 is 0 Å². The number of hydrogen-bond donors (Lipinski definition) is 0. The summed E-state index contributed by atoms with van der Waals surface area (Å²) in [5, 5.41) is 0. The van der Waals surface area contributed by atoms with Crippen molar-refractivity contribution in [2.24, 2.45) is 0 Å². The quantitative estimate of drug-likeness (QED) is 0.721. The fourth-order valence-electron chi connectivity index (χ4n) is 1.54. The first kappa shape index (κ1) is 12.7. The Morgan fingerprint density at radius 2 is 1.62 bits per heavy atom. The molecule has 0 unspecified atom stereocenters. The van der Waals surface area contributed by atoms with Gasteiger partial charge in [0, 0.05) is 12.0 Å². The van der Waals surface area contributed by atoms with Crippen molar-refractivity contribution >= 4 is 5.78 Å². The summed E-state index contributed by atoms with van der Waals surface area (Å²) in [7, 11) is 0. The average molecular weight is 230 g/mol. The highest BCUT2D eigenvalue weighted by molar-refractivity contribution is 5.96. The molecule has 0 spiro atoms. The van der Waals surface area contributed by atoms with Crippen LogP contribution in [0, 0.1) is 13.8 Å². The first-order chi connectivity index (χ1) is 7.28. The molecule has 0 saturated carbocycles. The number of aryl methyl sites for hydroxylation is 2. The van der Waals surface area contributed by atoms with Crippen molar-refractivity contribution in [3.05, 3.63) is 34.9 Å². The van der Waals surface area contributed by atoms with Crippen LogP contribution in [-0.2, 0) is 0 Å². The van der Waals surface area contributed by atoms with Gasteiger partial charge in [-0.15, -0.1) is 0 Å². The number of carbonyl (C=O) groups excluding carboxylic acids is 1. The Morgan fingerprint density at radius 1 is 1.12 bits per heavy atom. The van der Waals surface area contributed by atoms with Gasteiger partial charge in [-0.2, -0.15) is 13.2 Å². The molecule has 0 aliphatic heterocycles. The van der Waals surface area contributed by atoms with Crippen LogP contribution in [0.2, 0.25) is 0 Å². The van der Waals surface area contributed by atoms with Crippen molar-refractivity contribution in [2.75, 3.05) is 0 Å². The molecule has 0 bridgehead atoms. The number of halogens is 3. The van der Waals surface area contributed by atoms with E-state index < -0.39 is 24.8 Å². The molecule has 88 valence electrons. The summed E-state index contributed by atoms with van der Waals surface area (Å²) in [6.07, 6.45) is -5.81. The van der Waals surface area contributed by atoms with Crippen molar-refractivity contribution in [1.82, 2.24) is 0 Å². The lowest BCUT2D eigenvalue weighted by atomic mass is 10.0. The van der Waals surface area contributed by atoms with Gasteiger partial charge in [0.05, 0.1) is 6.42 Å². The van der Waals surface area contributed by atoms with E-state index in [9.17, 15) is 18.0 Å². The van der Waals surface area contributed by atoms with Gasteiger partial charge < -0.3 is 0 Å². The van der Waals surface area contributed by atoms with Gasteiger partial charge in [0.1, 0.15) is 0 Å². The summed E-state index contributed by atoms with van der Waals surface area (Å²) >= 11 is 0. The molecule has 0 atom stereocenters. The van der Waals surface area contributed by atoms with Gasteiger partial charge >= 0.3 is 6.18 Å². The average Bonchev–Trinajstić information content (AvgIpc) is 2.11. The number of hydrogen-bond acceptors (Lipinski definition) is 1. The molecule has 1 rings (SSSR count). The molecular weight excluding hydrogens is 217 g/mol. The zero-order chi connectivity index (χ0) is 12.3. The zero-order valence-electron chi connectivity index (χ0n) is 9.19. The summed E-state index contributed by atoms with van der Waals surface area (Å²) in [6.45, 7) is 3.63. The van der Waals surface area contributed by atoms with Crippen LogP contribution in [0.5, 0.6) is 0 Å². The summed E-state index contributed by atoms with van der Waals surface area (Å²) in [5.41, 5.74) is 2.13. The van der Waals surface area contributed by atoms with Gasteiger partial charge in [0.15, 0.2) is 5.78 Å². The van der Waals surface area contributed by atoms with E-state index in [4.69, 9.17) is 0 Å². The Labute approximate surface area is 92.3 Å². The number of rotatable bonds is 3. The molecule has 1 nitrogen and oxygen atoms in total. The molecule has 0 amide bonds. The first-order valence-corrected chi connectivity index (χ1v) is 4.96. The van der Waals surface area contributed by atoms with Gasteiger partial charge in [-0.3, -0.25) is 4.79 Å². The summed E-state index contributed by atoms with van der Waals surface area (Å²) in [5.74, 6) is -0.455. The lowest BCUT2D eigenvalue weighted by Gasteiger charge is -2.06. The lowest BCUT2D eigenvalue weighted by molar-refractivity contribution is -0.133. The molecule has 0 radical (unpaired) electrons. The number of ketones is 1. The van der Waals surface area contributed by atoms with Gasteiger partial charge in [0.2, 0.25) is 0 Å². The predicted molar refractivity (Wildman–Crippen MR) is 55.5 cm³/mol. The SMILES string of the molecule is Cc1cc(C)cc(C(=O)CCC(F)(F)F)c1. The van der Waals surface area contributed by atoms with E-state index in [1.165, 1.54) is 0 Å². The van der Waals surface area contributed by atoms with Crippen molar-refractivity contribution < 1.29 is 18.0 Å². The maximum atomic E-state index is 11.9. The monoisotopic (exact) mass is 230 g/mol. The summed E-state index contributed by atoms with van der Waals surface area (Å²) < 4.78 is 35.8. The molecule has 0 aliphatic carbocycles. The largest absolute Gasteiger partial charge is 0.389 e. The molecule has 1 aromatic rings. The van der Waals surface area contributed by atoms with E-state index in [0.29, 0.717) is 5.56 Å². The molecule has 16 heavy (non-hydrogen) atoms. The van der Waals surface area contributed by atoms with E-state index in [2.05, 4.69) is 0 Å². The van der Waals surface area contributed by atoms with Crippen molar-refractivity contribution in [3.63, 3.8) is 0 Å². The van der Waals surface area contributed by atoms with Crippen molar-refractivity contribution in [1.29, 1.82) is 0 Å². The molecule has 0 heterocycles. The molecule has 1 aromatic carbocycles. The fourth-order valence-corrected chi connectivity index (χ4v) is 1.54. The highest BCUT2D eigenvalue weighted by Crippen LogP contribution is 2.23. The fraction of sp³-hybridized carbons (Fsp3) is 0.417. The summed E-state index contributed by atoms with van der Waals surface area (Å²) in [4.78, 5) is 11.5. The predicted octanol–water partition coefficient (Wildman–Crippen LogP) is 3.83. The molecule has 0 fully saturated rings. The molecule has 0 aliphatic rings. The second-order valence-electron chi connectivity index (χ2n) is 3.91. The van der Waals surface area contributed by atoms with E-state index in [1.54, 1.807) is 12.1 Å². The third kappa shape index (κ3) is 4.04. The van der Waals surface area contributed by atoms with Gasteiger partial charge in [-0.05, 0) is 26.0 Å². The molecule has 0 N–H and O–H groups in total. The number of Topliss-reactive ketones (excluding diaryl/α,β-unsaturated/α-hetero) is 1. The number of benzene rings is 1. The van der Waals surface area contributed by atoms with E-state index in [1.807, 2.05) is 19.9 Å². The highest BCUT2D eigenvalue weighted by atomic mass is 19.4. The van der Waals surface area contributed by atoms with Crippen LogP contribution in [0.1, 0.15) is 34.3 Å². The third-order valence-corrected chi connectivity index (χ3v) is 2.18. The Hall–Kier alpha value is -1.32. The topological polar surface area (TPSA) is 17.1 Å². The van der Waals surface area contributed by atoms with Gasteiger partial charge in [-0.1, -0.05) is 17.2 Å². The second-order valence-corrected chi connectivity index (χ2v) is 3.91. The van der Waals surface area contributed by atoms with E-state index in [0.717, 1.165) is 11.1 Å². The van der Waals surface area contributed by atoms with Crippen molar-refractivity contribution in [3.8, 4) is 0 Å². The minimum Gasteiger partial charge on any atom is -0.294 e. The normalized spacial score (nSPS) is 11.6. The lowest BCUT2D eigenvalue weighted by Crippen LogP contribution is -2.11. The van der Waals surface area contributed by atoms with Crippen LogP contribution in [-0.4, -0.2) is 12.0 Å². The molecule has 0 aromatic heterocycles. The number of alkyl halides is 3. The molecule has 4 heteroatoms. The Bertz CT molecular complexity index is 373. The number of carbonyl (C=O) groups is 1. The maximum absolute atomic E-state index is 11.9. The Balaban J connectivity index is 2.73. The van der Waals surface area contributed by atoms with E-state index >= 15 is 0 Å². The van der Waals surface area contributed by atoms with Crippen LogP contribution in [0.25, 0.3) is 0 Å². The minimum atomic E-state index is -4.27. The zero-order valence-corrected chi connectivity index (χ0v) is 9.19. The molecular formula is C12H13F3O. The van der Waals surface area contributed by atoms with Crippen LogP contribution >= 0.6 is 0 Å². The molecule has 0 saturated heterocycles. The Kier molecular flexibility index (Phi) is 3.73. The first-order valence-electron chi connectivity index (χ1n) is 4.96. The maximum Gasteiger partial charge on any atom is 0.389 e. The third-order valence-electron chi connectivity index (χ3n) is 2.18. The highest BCUT2D eigenvalue weighted by Gasteiger charge is 2.28. The van der Waals surface area contributed by atoms with Gasteiger partial charge in [0.25, 0.3) is 0 Å². The smallest absolute Gasteiger partial charge is 0.294 e. The Morgan fingerprint density at radius 3 is 2.06 bits per heavy atom. The van der Waals surface area contributed by atoms with Crippen LogP contribution in [0.3, 0.4) is 0 Å². The second kappa shape index (κ2) is 4.68. The summed E-state index contributed by atoms with van der Waals surface area (Å²) in [6, 6.07) is 5.11. The van der Waals surface area contributed by atoms with Crippen molar-refractivity contribution in [2.45, 2.75) is 32.9 Å².